The summed E-state index contributed by atoms with van der Waals surface area (Å²) < 4.78 is 0. The summed E-state index contributed by atoms with van der Waals surface area (Å²) in [6.45, 7) is 2.26. The summed E-state index contributed by atoms with van der Waals surface area (Å²) in [5.74, 6) is 0.905. The smallest absolute Gasteiger partial charge is 0.187 e. The van der Waals surface area contributed by atoms with Crippen molar-refractivity contribution in [2.75, 3.05) is 11.9 Å². The molecule has 0 bridgehead atoms. The van der Waals surface area contributed by atoms with Crippen molar-refractivity contribution in [2.24, 2.45) is 5.92 Å². The second kappa shape index (κ2) is 6.22. The highest BCUT2D eigenvalue weighted by atomic mass is 35.5. The Balaban J connectivity index is 2.00. The van der Waals surface area contributed by atoms with E-state index in [0.717, 1.165) is 15.9 Å². The topological polar surface area (TPSA) is 36.4 Å². The van der Waals surface area contributed by atoms with Crippen molar-refractivity contribution < 1.29 is 5.11 Å². The molecule has 0 unspecified atom stereocenters. The Morgan fingerprint density at radius 3 is 2.56 bits per heavy atom. The van der Waals surface area contributed by atoms with Gasteiger partial charge in [0.1, 0.15) is 5.15 Å². The Morgan fingerprint density at radius 2 is 2.06 bits per heavy atom. The van der Waals surface area contributed by atoms with Gasteiger partial charge in [-0.1, -0.05) is 36.3 Å². The lowest BCUT2D eigenvalue weighted by atomic mass is 9.84. The fourth-order valence-corrected chi connectivity index (χ4v) is 3.82. The van der Waals surface area contributed by atoms with Crippen LogP contribution in [-0.4, -0.2) is 23.2 Å². The SMILES string of the molecule is CCC1CCC(N(C)c2nc(Cl)c(CO)s2)CC1. The van der Waals surface area contributed by atoms with Gasteiger partial charge in [0.05, 0.1) is 11.5 Å². The van der Waals surface area contributed by atoms with Crippen LogP contribution < -0.4 is 4.90 Å². The highest BCUT2D eigenvalue weighted by molar-refractivity contribution is 7.16. The number of thiazole rings is 1. The van der Waals surface area contributed by atoms with Crippen molar-refractivity contribution in [1.82, 2.24) is 4.98 Å². The van der Waals surface area contributed by atoms with Gasteiger partial charge in [-0.25, -0.2) is 4.98 Å². The molecule has 0 spiro atoms. The predicted molar refractivity (Wildman–Crippen MR) is 77.5 cm³/mol. The maximum Gasteiger partial charge on any atom is 0.187 e. The van der Waals surface area contributed by atoms with E-state index in [2.05, 4.69) is 23.9 Å². The summed E-state index contributed by atoms with van der Waals surface area (Å²) in [6.07, 6.45) is 6.41. The van der Waals surface area contributed by atoms with E-state index in [1.165, 1.54) is 43.4 Å². The summed E-state index contributed by atoms with van der Waals surface area (Å²) >= 11 is 7.49. The Labute approximate surface area is 118 Å². The standard InChI is InChI=1S/C13H21ClN2OS/c1-3-9-4-6-10(7-5-9)16(2)13-15-12(14)11(8-17)18-13/h9-10,17H,3-8H2,1-2H3. The first kappa shape index (κ1) is 14.1. The van der Waals surface area contributed by atoms with Gasteiger partial charge in [0.15, 0.2) is 5.13 Å². The van der Waals surface area contributed by atoms with Crippen LogP contribution in [0.4, 0.5) is 5.13 Å². The molecule has 0 radical (unpaired) electrons. The zero-order valence-electron chi connectivity index (χ0n) is 11.0. The van der Waals surface area contributed by atoms with Crippen molar-refractivity contribution in [2.45, 2.75) is 51.7 Å². The van der Waals surface area contributed by atoms with E-state index in [1.54, 1.807) is 0 Å². The molecule has 5 heteroatoms. The van der Waals surface area contributed by atoms with Crippen molar-refractivity contribution >= 4 is 28.1 Å². The normalized spacial score (nSPS) is 24.2. The molecule has 1 N–H and O–H groups in total. The number of hydrogen-bond donors (Lipinski definition) is 1. The van der Waals surface area contributed by atoms with Gasteiger partial charge in [0, 0.05) is 13.1 Å². The molecule has 0 aliphatic heterocycles. The number of nitrogens with zero attached hydrogens (tertiary/aromatic N) is 2. The summed E-state index contributed by atoms with van der Waals surface area (Å²) in [6, 6.07) is 0.571. The summed E-state index contributed by atoms with van der Waals surface area (Å²) in [7, 11) is 2.09. The number of rotatable bonds is 4. The molecule has 0 saturated heterocycles. The van der Waals surface area contributed by atoms with E-state index in [0.29, 0.717) is 11.2 Å². The van der Waals surface area contributed by atoms with Crippen molar-refractivity contribution in [3.63, 3.8) is 0 Å². The van der Waals surface area contributed by atoms with Gasteiger partial charge < -0.3 is 10.0 Å². The highest BCUT2D eigenvalue weighted by Crippen LogP contribution is 2.34. The second-order valence-electron chi connectivity index (χ2n) is 5.06. The molecular weight excluding hydrogens is 268 g/mol. The highest BCUT2D eigenvalue weighted by Gasteiger charge is 2.25. The van der Waals surface area contributed by atoms with Crippen LogP contribution in [0.25, 0.3) is 0 Å². The van der Waals surface area contributed by atoms with Crippen LogP contribution in [0, 0.1) is 5.92 Å². The van der Waals surface area contributed by atoms with Gasteiger partial charge >= 0.3 is 0 Å². The Morgan fingerprint density at radius 1 is 1.39 bits per heavy atom. The minimum absolute atomic E-state index is 0.0209. The van der Waals surface area contributed by atoms with Gasteiger partial charge in [-0.2, -0.15) is 0 Å². The molecule has 1 saturated carbocycles. The van der Waals surface area contributed by atoms with E-state index in [-0.39, 0.29) is 6.61 Å². The number of halogens is 1. The van der Waals surface area contributed by atoms with Gasteiger partial charge in [-0.05, 0) is 31.6 Å². The van der Waals surface area contributed by atoms with Crippen LogP contribution in [0.3, 0.4) is 0 Å². The Hall–Kier alpha value is -0.320. The molecule has 1 heterocycles. The molecule has 3 nitrogen and oxygen atoms in total. The first-order chi connectivity index (χ1) is 8.65. The van der Waals surface area contributed by atoms with E-state index >= 15 is 0 Å². The summed E-state index contributed by atoms with van der Waals surface area (Å²) in [5, 5.41) is 10.5. The van der Waals surface area contributed by atoms with E-state index in [9.17, 15) is 0 Å². The largest absolute Gasteiger partial charge is 0.391 e. The second-order valence-corrected chi connectivity index (χ2v) is 6.48. The fraction of sp³-hybridized carbons (Fsp3) is 0.769. The van der Waals surface area contributed by atoms with E-state index in [1.807, 2.05) is 0 Å². The Kier molecular flexibility index (Phi) is 4.87. The molecule has 1 fully saturated rings. The van der Waals surface area contributed by atoms with E-state index < -0.39 is 0 Å². The van der Waals surface area contributed by atoms with Crippen LogP contribution >= 0.6 is 22.9 Å². The zero-order chi connectivity index (χ0) is 13.1. The molecule has 2 rings (SSSR count). The lowest BCUT2D eigenvalue weighted by Crippen LogP contribution is -2.35. The van der Waals surface area contributed by atoms with Gasteiger partial charge in [0.25, 0.3) is 0 Å². The molecule has 102 valence electrons. The third kappa shape index (κ3) is 2.98. The zero-order valence-corrected chi connectivity index (χ0v) is 12.6. The summed E-state index contributed by atoms with van der Waals surface area (Å²) in [5.41, 5.74) is 0. The first-order valence-electron chi connectivity index (χ1n) is 6.64. The number of hydrogen-bond acceptors (Lipinski definition) is 4. The number of anilines is 1. The van der Waals surface area contributed by atoms with Crippen molar-refractivity contribution in [3.05, 3.63) is 10.0 Å². The fourth-order valence-electron chi connectivity index (χ4n) is 2.67. The molecule has 18 heavy (non-hydrogen) atoms. The van der Waals surface area contributed by atoms with E-state index in [4.69, 9.17) is 16.7 Å². The number of aliphatic hydroxyl groups excluding tert-OH is 1. The average molecular weight is 289 g/mol. The maximum atomic E-state index is 9.16. The molecule has 0 aromatic carbocycles. The van der Waals surface area contributed by atoms with Crippen LogP contribution in [0.1, 0.15) is 43.9 Å². The third-order valence-electron chi connectivity index (χ3n) is 4.03. The molecular formula is C13H21ClN2OS. The first-order valence-corrected chi connectivity index (χ1v) is 7.84. The monoisotopic (exact) mass is 288 g/mol. The van der Waals surface area contributed by atoms with Crippen molar-refractivity contribution in [3.8, 4) is 0 Å². The lowest BCUT2D eigenvalue weighted by molar-refractivity contribution is 0.285. The maximum absolute atomic E-state index is 9.16. The molecule has 1 aliphatic rings. The van der Waals surface area contributed by atoms with Gasteiger partial charge in [-0.15, -0.1) is 0 Å². The van der Waals surface area contributed by atoms with Crippen LogP contribution in [0.15, 0.2) is 0 Å². The lowest BCUT2D eigenvalue weighted by Gasteiger charge is -2.34. The minimum Gasteiger partial charge on any atom is -0.391 e. The molecule has 0 amide bonds. The van der Waals surface area contributed by atoms with Gasteiger partial charge in [0.2, 0.25) is 0 Å². The average Bonchev–Trinajstić information content (AvgIpc) is 2.79. The number of aliphatic hydroxyl groups is 1. The van der Waals surface area contributed by atoms with Crippen LogP contribution in [0.5, 0.6) is 0 Å². The van der Waals surface area contributed by atoms with Crippen molar-refractivity contribution in [1.29, 1.82) is 0 Å². The minimum atomic E-state index is -0.0209. The number of aromatic nitrogens is 1. The quantitative estimate of drug-likeness (QED) is 0.918. The molecule has 1 aliphatic carbocycles. The van der Waals surface area contributed by atoms with Crippen LogP contribution in [0.2, 0.25) is 5.15 Å². The Bertz CT molecular complexity index is 388. The molecule has 1 aromatic heterocycles. The molecule has 1 aromatic rings. The van der Waals surface area contributed by atoms with Gasteiger partial charge in [-0.3, -0.25) is 0 Å². The predicted octanol–water partition coefficient (Wildman–Crippen LogP) is 3.69. The summed E-state index contributed by atoms with van der Waals surface area (Å²) in [4.78, 5) is 7.35. The van der Waals surface area contributed by atoms with Crippen LogP contribution in [-0.2, 0) is 6.61 Å². The third-order valence-corrected chi connectivity index (χ3v) is 5.58. The molecule has 0 atom stereocenters.